The fraction of sp³-hybridized carbons (Fsp3) is 0.357. The normalized spacial score (nSPS) is 18.9. The average molecular weight is 312 g/mol. The van der Waals surface area contributed by atoms with Crippen LogP contribution in [-0.4, -0.2) is 31.3 Å². The molecule has 4 nitrogen and oxygen atoms in total. The summed E-state index contributed by atoms with van der Waals surface area (Å²) in [6.07, 6.45) is -0.0827. The number of ether oxygens (including phenoxy) is 2. The molecule has 0 bridgehead atoms. The molecule has 0 spiro atoms. The van der Waals surface area contributed by atoms with Gasteiger partial charge in [0, 0.05) is 24.0 Å². The topological polar surface area (TPSA) is 43.4 Å². The molecule has 0 amide bonds. The van der Waals surface area contributed by atoms with Crippen molar-refractivity contribution < 1.29 is 18.3 Å². The van der Waals surface area contributed by atoms with E-state index in [2.05, 4.69) is 15.0 Å². The molecule has 1 aromatic heterocycles. The second-order valence-electron chi connectivity index (χ2n) is 4.51. The predicted octanol–water partition coefficient (Wildman–Crippen LogP) is 3.07. The molecule has 21 heavy (non-hydrogen) atoms. The number of para-hydroxylation sites is 1. The molecule has 1 saturated heterocycles. The maximum atomic E-state index is 12.4. The number of morpholine rings is 1. The molecule has 0 radical (unpaired) electrons. The predicted molar refractivity (Wildman–Crippen MR) is 75.7 cm³/mol. The SMILES string of the molecule is FC(F)Oc1ccccc1-c1csc([C@H]2CNCCO2)n1. The van der Waals surface area contributed by atoms with Gasteiger partial charge in [-0.1, -0.05) is 12.1 Å². The maximum absolute atomic E-state index is 12.4. The molecule has 2 heterocycles. The van der Waals surface area contributed by atoms with Gasteiger partial charge in [-0.15, -0.1) is 11.3 Å². The van der Waals surface area contributed by atoms with E-state index in [4.69, 9.17) is 4.74 Å². The number of nitrogens with one attached hydrogen (secondary N) is 1. The molecule has 1 N–H and O–H groups in total. The molecule has 7 heteroatoms. The monoisotopic (exact) mass is 312 g/mol. The Bertz CT molecular complexity index is 600. The smallest absolute Gasteiger partial charge is 0.387 e. The Morgan fingerprint density at radius 1 is 1.38 bits per heavy atom. The van der Waals surface area contributed by atoms with Crippen molar-refractivity contribution in [3.63, 3.8) is 0 Å². The number of alkyl halides is 2. The molecule has 2 aromatic rings. The highest BCUT2D eigenvalue weighted by Gasteiger charge is 2.20. The van der Waals surface area contributed by atoms with E-state index in [0.717, 1.165) is 11.6 Å². The number of hydrogen-bond donors (Lipinski definition) is 1. The highest BCUT2D eigenvalue weighted by Crippen LogP contribution is 2.33. The highest BCUT2D eigenvalue weighted by molar-refractivity contribution is 7.10. The number of aromatic nitrogens is 1. The van der Waals surface area contributed by atoms with Gasteiger partial charge in [-0.2, -0.15) is 8.78 Å². The summed E-state index contributed by atoms with van der Waals surface area (Å²) in [5, 5.41) is 5.91. The van der Waals surface area contributed by atoms with Gasteiger partial charge in [0.15, 0.2) is 0 Å². The first kappa shape index (κ1) is 14.4. The van der Waals surface area contributed by atoms with Crippen LogP contribution >= 0.6 is 11.3 Å². The van der Waals surface area contributed by atoms with Crippen LogP contribution in [0.1, 0.15) is 11.1 Å². The van der Waals surface area contributed by atoms with Gasteiger partial charge in [-0.3, -0.25) is 0 Å². The van der Waals surface area contributed by atoms with Crippen molar-refractivity contribution in [2.24, 2.45) is 0 Å². The number of nitrogens with zero attached hydrogens (tertiary/aromatic N) is 1. The molecule has 1 atom stereocenters. The van der Waals surface area contributed by atoms with Crippen LogP contribution in [0.3, 0.4) is 0 Å². The molecule has 1 fully saturated rings. The summed E-state index contributed by atoms with van der Waals surface area (Å²) < 4.78 is 35.1. The molecule has 0 unspecified atom stereocenters. The van der Waals surface area contributed by atoms with E-state index in [9.17, 15) is 8.78 Å². The van der Waals surface area contributed by atoms with E-state index in [0.29, 0.717) is 24.4 Å². The van der Waals surface area contributed by atoms with E-state index < -0.39 is 6.61 Å². The van der Waals surface area contributed by atoms with E-state index >= 15 is 0 Å². The fourth-order valence-corrected chi connectivity index (χ4v) is 3.03. The summed E-state index contributed by atoms with van der Waals surface area (Å²) in [5.74, 6) is 0.132. The first-order valence-electron chi connectivity index (χ1n) is 6.56. The van der Waals surface area contributed by atoms with Gasteiger partial charge in [-0.25, -0.2) is 4.98 Å². The molecular weight excluding hydrogens is 298 g/mol. The quantitative estimate of drug-likeness (QED) is 0.942. The second kappa shape index (κ2) is 6.46. The van der Waals surface area contributed by atoms with E-state index in [1.54, 1.807) is 18.2 Å². The zero-order valence-corrected chi connectivity index (χ0v) is 11.9. The summed E-state index contributed by atoms with van der Waals surface area (Å²) in [7, 11) is 0. The van der Waals surface area contributed by atoms with Crippen molar-refractivity contribution in [3.8, 4) is 17.0 Å². The number of benzene rings is 1. The molecule has 1 aliphatic heterocycles. The second-order valence-corrected chi connectivity index (χ2v) is 5.40. The Kier molecular flexibility index (Phi) is 4.42. The summed E-state index contributed by atoms with van der Waals surface area (Å²) in [4.78, 5) is 4.50. The summed E-state index contributed by atoms with van der Waals surface area (Å²) in [6, 6.07) is 6.66. The lowest BCUT2D eigenvalue weighted by Crippen LogP contribution is -2.33. The Hall–Kier alpha value is -1.57. The van der Waals surface area contributed by atoms with Crippen molar-refractivity contribution in [2.45, 2.75) is 12.7 Å². The number of thiazole rings is 1. The average Bonchev–Trinajstić information content (AvgIpc) is 2.98. The van der Waals surface area contributed by atoms with Crippen LogP contribution in [0.25, 0.3) is 11.3 Å². The minimum absolute atomic E-state index is 0.0827. The van der Waals surface area contributed by atoms with E-state index in [-0.39, 0.29) is 11.9 Å². The van der Waals surface area contributed by atoms with Crippen LogP contribution in [-0.2, 0) is 4.74 Å². The van der Waals surface area contributed by atoms with Crippen molar-refractivity contribution in [2.75, 3.05) is 19.7 Å². The third-order valence-electron chi connectivity index (χ3n) is 3.10. The third kappa shape index (κ3) is 3.37. The maximum Gasteiger partial charge on any atom is 0.387 e. The summed E-state index contributed by atoms with van der Waals surface area (Å²) in [5.41, 5.74) is 1.18. The van der Waals surface area contributed by atoms with Crippen LogP contribution < -0.4 is 10.1 Å². The standard InChI is InChI=1S/C14H14F2N2O2S/c15-14(16)20-11-4-2-1-3-9(11)10-8-21-13(18-10)12-7-17-5-6-19-12/h1-4,8,12,14,17H,5-7H2/t12-/m1/s1. The van der Waals surface area contributed by atoms with Gasteiger partial charge in [0.25, 0.3) is 0 Å². The zero-order valence-electron chi connectivity index (χ0n) is 11.1. The van der Waals surface area contributed by atoms with Gasteiger partial charge < -0.3 is 14.8 Å². The highest BCUT2D eigenvalue weighted by atomic mass is 32.1. The zero-order chi connectivity index (χ0) is 14.7. The van der Waals surface area contributed by atoms with Gasteiger partial charge in [-0.05, 0) is 12.1 Å². The molecule has 0 saturated carbocycles. The minimum atomic E-state index is -2.85. The molecule has 3 rings (SSSR count). The first-order valence-corrected chi connectivity index (χ1v) is 7.44. The summed E-state index contributed by atoms with van der Waals surface area (Å²) in [6.45, 7) is -0.665. The van der Waals surface area contributed by atoms with Crippen molar-refractivity contribution >= 4 is 11.3 Å². The van der Waals surface area contributed by atoms with Crippen LogP contribution in [0.15, 0.2) is 29.6 Å². The van der Waals surface area contributed by atoms with Crippen molar-refractivity contribution in [3.05, 3.63) is 34.7 Å². The van der Waals surface area contributed by atoms with Gasteiger partial charge in [0.1, 0.15) is 16.9 Å². The first-order chi connectivity index (χ1) is 10.2. The van der Waals surface area contributed by atoms with Gasteiger partial charge in [0.2, 0.25) is 0 Å². The Balaban J connectivity index is 1.85. The Morgan fingerprint density at radius 2 is 2.24 bits per heavy atom. The lowest BCUT2D eigenvalue weighted by Gasteiger charge is -2.21. The minimum Gasteiger partial charge on any atom is -0.434 e. The molecule has 0 aliphatic carbocycles. The van der Waals surface area contributed by atoms with Crippen LogP contribution in [0, 0.1) is 0 Å². The van der Waals surface area contributed by atoms with Crippen LogP contribution in [0.2, 0.25) is 0 Å². The Labute approximate surface area is 124 Å². The van der Waals surface area contributed by atoms with Gasteiger partial charge in [0.05, 0.1) is 12.3 Å². The molecular formula is C14H14F2N2O2S. The van der Waals surface area contributed by atoms with Crippen molar-refractivity contribution in [1.29, 1.82) is 0 Å². The summed E-state index contributed by atoms with van der Waals surface area (Å²) >= 11 is 1.46. The van der Waals surface area contributed by atoms with Crippen LogP contribution in [0.4, 0.5) is 8.78 Å². The molecule has 112 valence electrons. The van der Waals surface area contributed by atoms with E-state index in [1.165, 1.54) is 17.4 Å². The Morgan fingerprint density at radius 3 is 3.00 bits per heavy atom. The number of rotatable bonds is 4. The number of halogens is 2. The third-order valence-corrected chi connectivity index (χ3v) is 4.04. The molecule has 1 aromatic carbocycles. The number of hydrogen-bond acceptors (Lipinski definition) is 5. The van der Waals surface area contributed by atoms with Crippen molar-refractivity contribution in [1.82, 2.24) is 10.3 Å². The largest absolute Gasteiger partial charge is 0.434 e. The van der Waals surface area contributed by atoms with Crippen LogP contribution in [0.5, 0.6) is 5.75 Å². The molecule has 1 aliphatic rings. The lowest BCUT2D eigenvalue weighted by atomic mass is 10.1. The van der Waals surface area contributed by atoms with E-state index in [1.807, 2.05) is 5.38 Å². The fourth-order valence-electron chi connectivity index (χ4n) is 2.16. The van der Waals surface area contributed by atoms with Gasteiger partial charge >= 0.3 is 6.61 Å². The lowest BCUT2D eigenvalue weighted by molar-refractivity contribution is -0.0494.